The molecule has 0 atom stereocenters. The van der Waals surface area contributed by atoms with Gasteiger partial charge in [0.1, 0.15) is 0 Å². The molecule has 0 aliphatic rings. The molecule has 0 spiro atoms. The minimum atomic E-state index is 0. The van der Waals surface area contributed by atoms with Gasteiger partial charge in [-0.05, 0) is 0 Å². The van der Waals surface area contributed by atoms with Gasteiger partial charge in [0.2, 0.25) is 0 Å². The summed E-state index contributed by atoms with van der Waals surface area (Å²) in [4.78, 5) is 0. The van der Waals surface area contributed by atoms with E-state index in [-0.39, 0.29) is 47.5 Å². The van der Waals surface area contributed by atoms with Crippen LogP contribution in [0, 0.1) is 31.1 Å². The van der Waals surface area contributed by atoms with Crippen LogP contribution in [-0.4, -0.2) is 0 Å². The smallest absolute Gasteiger partial charge is 0 e. The van der Waals surface area contributed by atoms with E-state index in [4.69, 9.17) is 0 Å². The fourth-order valence-electron chi connectivity index (χ4n) is 0. The van der Waals surface area contributed by atoms with Crippen LogP contribution >= 0.6 is 0 Å². The molecule has 0 radical (unpaired) electrons. The van der Waals surface area contributed by atoms with Gasteiger partial charge in [-0.3, -0.25) is 0 Å². The van der Waals surface area contributed by atoms with E-state index in [2.05, 4.69) is 0 Å². The van der Waals surface area contributed by atoms with Crippen molar-refractivity contribution in [1.82, 2.24) is 0 Å². The van der Waals surface area contributed by atoms with Gasteiger partial charge in [0.05, 0.1) is 0 Å². The van der Waals surface area contributed by atoms with Crippen molar-refractivity contribution in [3.8, 4) is 0 Å². The van der Waals surface area contributed by atoms with Crippen LogP contribution in [0.15, 0.2) is 0 Å². The van der Waals surface area contributed by atoms with E-state index >= 15 is 0 Å². The molecular formula is O3U-6. The van der Waals surface area contributed by atoms with Gasteiger partial charge in [-0.25, -0.2) is 0 Å². The summed E-state index contributed by atoms with van der Waals surface area (Å²) >= 11 is 0. The summed E-state index contributed by atoms with van der Waals surface area (Å²) in [6.07, 6.45) is 0. The Labute approximate surface area is 47.7 Å². The molecular weight excluding hydrogens is 286 g/mol. The van der Waals surface area contributed by atoms with E-state index in [9.17, 15) is 0 Å². The van der Waals surface area contributed by atoms with Crippen molar-refractivity contribution in [3.05, 3.63) is 0 Å². The molecule has 0 saturated carbocycles. The Morgan fingerprint density at radius 3 is 0.500 bits per heavy atom. The van der Waals surface area contributed by atoms with Crippen molar-refractivity contribution in [3.63, 3.8) is 0 Å². The van der Waals surface area contributed by atoms with Gasteiger partial charge in [-0.1, -0.05) is 0 Å². The predicted octanol–water partition coefficient (Wildman–Crippen LogP) is -0.356. The Morgan fingerprint density at radius 2 is 0.500 bits per heavy atom. The van der Waals surface area contributed by atoms with Crippen molar-refractivity contribution >= 4 is 0 Å². The van der Waals surface area contributed by atoms with Gasteiger partial charge in [0, 0.05) is 31.1 Å². The van der Waals surface area contributed by atoms with E-state index in [0.717, 1.165) is 0 Å². The summed E-state index contributed by atoms with van der Waals surface area (Å²) in [5.41, 5.74) is 0. The molecule has 4 heteroatoms. The van der Waals surface area contributed by atoms with E-state index in [1.807, 2.05) is 0 Å². The third kappa shape index (κ3) is 12.6. The van der Waals surface area contributed by atoms with Crippen LogP contribution in [0.2, 0.25) is 0 Å². The fraction of sp³-hybridized carbons (Fsp3) is 0. The summed E-state index contributed by atoms with van der Waals surface area (Å²) in [5, 5.41) is 0. The van der Waals surface area contributed by atoms with E-state index < -0.39 is 0 Å². The first-order valence-electron chi connectivity index (χ1n) is 0. The average molecular weight is 286 g/mol. The summed E-state index contributed by atoms with van der Waals surface area (Å²) < 4.78 is 0. The molecule has 0 aliphatic heterocycles. The third-order valence-corrected chi connectivity index (χ3v) is 0. The molecule has 3 nitrogen and oxygen atoms in total. The molecule has 0 N–H and O–H groups in total. The maximum Gasteiger partial charge on any atom is 0 e. The van der Waals surface area contributed by atoms with E-state index in [0.29, 0.717) is 0 Å². The second kappa shape index (κ2) is 38.9. The predicted molar refractivity (Wildman–Crippen MR) is 2.06 cm³/mol. The molecule has 28 valence electrons. The zero-order valence-corrected chi connectivity index (χ0v) is 5.89. The molecule has 0 aliphatic carbocycles. The first-order chi connectivity index (χ1) is 0. The van der Waals surface area contributed by atoms with Crippen LogP contribution in [0.3, 0.4) is 0 Å². The van der Waals surface area contributed by atoms with Gasteiger partial charge in [0.15, 0.2) is 0 Å². The van der Waals surface area contributed by atoms with E-state index in [1.165, 1.54) is 0 Å². The molecule has 0 fully saturated rings. The van der Waals surface area contributed by atoms with Crippen molar-refractivity contribution < 1.29 is 47.5 Å². The second-order valence-electron chi connectivity index (χ2n) is 0. The summed E-state index contributed by atoms with van der Waals surface area (Å²) in [6, 6.07) is 0. The van der Waals surface area contributed by atoms with Gasteiger partial charge < -0.3 is 16.4 Å². The normalized spacial score (nSPS) is 0. The Bertz CT molecular complexity index is 3.25. The number of hydrogen-bond donors (Lipinski definition) is 0. The number of rotatable bonds is 0. The molecule has 0 aromatic carbocycles. The summed E-state index contributed by atoms with van der Waals surface area (Å²) in [6.45, 7) is 0. The largest absolute Gasteiger partial charge is 2.00 e. The van der Waals surface area contributed by atoms with Crippen molar-refractivity contribution in [1.29, 1.82) is 0 Å². The minimum Gasteiger partial charge on any atom is -2.00 e. The first kappa shape index (κ1) is 87.8. The standard InChI is InChI=1S/3O.U/q3*-2;. The zero-order chi connectivity index (χ0) is 0. The quantitative estimate of drug-likeness (QED) is 0.582. The molecule has 0 saturated heterocycles. The summed E-state index contributed by atoms with van der Waals surface area (Å²) in [5.74, 6) is 0. The van der Waals surface area contributed by atoms with Crippen LogP contribution < -0.4 is 0 Å². The van der Waals surface area contributed by atoms with Crippen LogP contribution in [0.25, 0.3) is 0 Å². The topological polar surface area (TPSA) is 85.5 Å². The zero-order valence-electron chi connectivity index (χ0n) is 1.72. The van der Waals surface area contributed by atoms with Crippen LogP contribution in [0.5, 0.6) is 0 Å². The Morgan fingerprint density at radius 1 is 0.500 bits per heavy atom. The van der Waals surface area contributed by atoms with Crippen LogP contribution in [0.4, 0.5) is 0 Å². The van der Waals surface area contributed by atoms with Crippen molar-refractivity contribution in [2.45, 2.75) is 0 Å². The maximum absolute atomic E-state index is 0. The minimum absolute atomic E-state index is 0. The molecule has 0 bridgehead atoms. The Hall–Kier alpha value is 0.932. The number of hydrogen-bond acceptors (Lipinski definition) is 0. The van der Waals surface area contributed by atoms with Crippen LogP contribution in [0.1, 0.15) is 0 Å². The SMILES string of the molecule is [O-2].[O-2].[O-2].[U]. The molecule has 0 amide bonds. The first-order valence-corrected chi connectivity index (χ1v) is 0. The molecule has 0 rings (SSSR count). The second-order valence-corrected chi connectivity index (χ2v) is 0. The monoisotopic (exact) mass is 286 g/mol. The maximum atomic E-state index is 0. The molecule has 0 unspecified atom stereocenters. The van der Waals surface area contributed by atoms with Gasteiger partial charge >= 0.3 is 0 Å². The van der Waals surface area contributed by atoms with Gasteiger partial charge in [0.25, 0.3) is 0 Å². The molecule has 4 heavy (non-hydrogen) atoms. The van der Waals surface area contributed by atoms with E-state index in [1.54, 1.807) is 0 Å². The van der Waals surface area contributed by atoms with Crippen LogP contribution in [-0.2, 0) is 16.4 Å². The van der Waals surface area contributed by atoms with Crippen molar-refractivity contribution in [2.75, 3.05) is 0 Å². The Balaban J connectivity index is 0. The fourth-order valence-corrected chi connectivity index (χ4v) is 0. The van der Waals surface area contributed by atoms with Crippen molar-refractivity contribution in [2.24, 2.45) is 0 Å². The van der Waals surface area contributed by atoms with Gasteiger partial charge in [-0.2, -0.15) is 0 Å². The molecule has 0 aromatic rings. The summed E-state index contributed by atoms with van der Waals surface area (Å²) in [7, 11) is 0. The average Bonchev–Trinajstić information content (AvgIpc) is 0. The van der Waals surface area contributed by atoms with Gasteiger partial charge in [-0.15, -0.1) is 0 Å². The Kier molecular flexibility index (Phi) is 854. The molecule has 0 aromatic heterocycles. The third-order valence-electron chi connectivity index (χ3n) is 0. The molecule has 0 heterocycles.